The van der Waals surface area contributed by atoms with E-state index in [-0.39, 0.29) is 36.8 Å². The van der Waals surface area contributed by atoms with Crippen LogP contribution in [0.25, 0.3) is 44.1 Å². The van der Waals surface area contributed by atoms with Gasteiger partial charge in [-0.1, -0.05) is 107 Å². The van der Waals surface area contributed by atoms with E-state index in [1.807, 2.05) is 6.20 Å². The Morgan fingerprint density at radius 1 is 0.841 bits per heavy atom. The number of aryl methyl sites for hydroxylation is 4. The van der Waals surface area contributed by atoms with Crippen LogP contribution >= 0.6 is 0 Å². The van der Waals surface area contributed by atoms with E-state index < -0.39 is 49.9 Å². The zero-order chi connectivity index (χ0) is 40.9. The molecule has 6 rings (SSSR count). The summed E-state index contributed by atoms with van der Waals surface area (Å²) in [6, 6.07) is 27.7. The molecule has 0 aliphatic heterocycles. The molecule has 0 fully saturated rings. The Bertz CT molecular complexity index is 2350. The van der Waals surface area contributed by atoms with E-state index in [4.69, 9.17) is 21.4 Å². The molecule has 6 aromatic rings. The van der Waals surface area contributed by atoms with Gasteiger partial charge in [0.05, 0.1) is 0 Å². The number of nitrogens with zero attached hydrogens (tertiary/aromatic N) is 3. The number of aromatic nitrogens is 3. The normalized spacial score (nSPS) is 16.5. The zero-order valence-corrected chi connectivity index (χ0v) is 27.7. The maximum Gasteiger partial charge on any atom is 0.0280 e. The van der Waals surface area contributed by atoms with Crippen LogP contribution in [0.2, 0.25) is 0 Å². The minimum Gasteiger partial charge on any atom is -0.354 e. The third-order valence-electron chi connectivity index (χ3n) is 7.28. The van der Waals surface area contributed by atoms with Crippen molar-refractivity contribution in [3.05, 3.63) is 125 Å². The van der Waals surface area contributed by atoms with Crippen LogP contribution in [-0.2, 0) is 25.5 Å². The van der Waals surface area contributed by atoms with Gasteiger partial charge in [0.25, 0.3) is 0 Å². The molecule has 0 atom stereocenters. The summed E-state index contributed by atoms with van der Waals surface area (Å²) in [4.78, 5) is 12.3. The van der Waals surface area contributed by atoms with Crippen LogP contribution in [0.3, 0.4) is 0 Å². The van der Waals surface area contributed by atoms with Gasteiger partial charge in [-0.15, -0.1) is 46.8 Å². The second-order valence-electron chi connectivity index (χ2n) is 11.8. The molecule has 0 aliphatic rings. The van der Waals surface area contributed by atoms with E-state index in [9.17, 15) is 0 Å². The Labute approximate surface area is 293 Å². The maximum atomic E-state index is 7.62. The fourth-order valence-electron chi connectivity index (χ4n) is 4.95. The molecule has 0 saturated carbocycles. The first-order valence-corrected chi connectivity index (χ1v) is 14.1. The molecule has 44 heavy (non-hydrogen) atoms. The first-order valence-electron chi connectivity index (χ1n) is 20.1. The van der Waals surface area contributed by atoms with Crippen molar-refractivity contribution in [2.75, 3.05) is 0 Å². The van der Waals surface area contributed by atoms with Crippen LogP contribution < -0.4 is 0 Å². The molecule has 3 heterocycles. The van der Waals surface area contributed by atoms with E-state index in [2.05, 4.69) is 111 Å². The molecule has 3 aromatic heterocycles. The van der Waals surface area contributed by atoms with Crippen LogP contribution in [0.1, 0.15) is 90.6 Å². The molecule has 3 aromatic carbocycles. The molecular weight excluding hydrogens is 715 g/mol. The van der Waals surface area contributed by atoms with Gasteiger partial charge in [0.1, 0.15) is 0 Å². The minimum atomic E-state index is -2.84. The van der Waals surface area contributed by atoms with Crippen molar-refractivity contribution in [2.24, 2.45) is 0 Å². The summed E-state index contributed by atoms with van der Waals surface area (Å²) in [5.74, 6) is 0.519. The third kappa shape index (κ3) is 7.15. The summed E-state index contributed by atoms with van der Waals surface area (Å²) < 4.78 is 90.2. The molecule has 4 heteroatoms. The topological polar surface area (TPSA) is 38.7 Å². The summed E-state index contributed by atoms with van der Waals surface area (Å²) in [5.41, 5.74) is 2.32. The Hall–Kier alpha value is -3.72. The third-order valence-corrected chi connectivity index (χ3v) is 7.28. The van der Waals surface area contributed by atoms with Gasteiger partial charge in [-0.2, -0.15) is 0 Å². The smallest absolute Gasteiger partial charge is 0.0280 e. The quantitative estimate of drug-likeness (QED) is 0.168. The second-order valence-corrected chi connectivity index (χ2v) is 11.8. The van der Waals surface area contributed by atoms with Crippen molar-refractivity contribution in [1.29, 1.82) is 0 Å². The molecule has 0 saturated heterocycles. The van der Waals surface area contributed by atoms with Crippen molar-refractivity contribution in [3.8, 4) is 22.5 Å². The standard InChI is InChI=1S/C26H26N.C14H15N2.Ir/c1-17(2)18-10-11-23-20(14-18)12-13-27-25(23)21-15-19-8-6-7-9-22(19)24(16-21)26(3,4)5;1-9-7-14(15-8-10(9)2)13-6-5-11(3)16-12(13)4;/h6-14,16-17H,1-5H3;5,7-8H,1-4H3;/q2*-1;/i;1D3,2D3,3D3,4D3;. The summed E-state index contributed by atoms with van der Waals surface area (Å²) in [6.45, 7) is 0.224. The number of pyridine rings is 3. The van der Waals surface area contributed by atoms with Gasteiger partial charge >= 0.3 is 0 Å². The van der Waals surface area contributed by atoms with Crippen LogP contribution in [-0.4, -0.2) is 15.0 Å². The largest absolute Gasteiger partial charge is 0.354 e. The van der Waals surface area contributed by atoms with Gasteiger partial charge in [-0.05, 0) is 70.1 Å². The second kappa shape index (κ2) is 13.5. The van der Waals surface area contributed by atoms with Crippen molar-refractivity contribution in [2.45, 2.75) is 73.4 Å². The SMILES string of the molecule is CC(C)c1ccc2c(-c3[c-]c4ccccc4c(C(C)(C)C)c3)nccc2c1.[2H]C([2H])([2H])c1c[c-]c(-c2cc(C([2H])([2H])[2H])c(C([2H])([2H])[2H])cn2)c(C([2H])([2H])[2H])n1.[Ir]. The van der Waals surface area contributed by atoms with Crippen molar-refractivity contribution in [1.82, 2.24) is 15.0 Å². The summed E-state index contributed by atoms with van der Waals surface area (Å²) in [5, 5.41) is 4.85. The van der Waals surface area contributed by atoms with Crippen molar-refractivity contribution in [3.63, 3.8) is 0 Å². The number of hydrogen-bond donors (Lipinski definition) is 0. The zero-order valence-electron chi connectivity index (χ0n) is 37.3. The molecule has 0 aliphatic carbocycles. The van der Waals surface area contributed by atoms with Gasteiger partial charge in [0.2, 0.25) is 0 Å². The van der Waals surface area contributed by atoms with Crippen LogP contribution in [0.5, 0.6) is 0 Å². The Balaban J connectivity index is 0.000000244. The van der Waals surface area contributed by atoms with Crippen molar-refractivity contribution >= 4 is 21.5 Å². The number of rotatable bonds is 3. The molecule has 0 spiro atoms. The predicted molar refractivity (Wildman–Crippen MR) is 182 cm³/mol. The average Bonchev–Trinajstić information content (AvgIpc) is 3.08. The molecule has 0 unspecified atom stereocenters. The minimum absolute atomic E-state index is 0. The van der Waals surface area contributed by atoms with Gasteiger partial charge in [-0.3, -0.25) is 4.98 Å². The van der Waals surface area contributed by atoms with E-state index in [0.29, 0.717) is 5.92 Å². The van der Waals surface area contributed by atoms with Gasteiger partial charge in [0.15, 0.2) is 0 Å². The van der Waals surface area contributed by atoms with Crippen LogP contribution in [0.4, 0.5) is 0 Å². The van der Waals surface area contributed by atoms with Crippen molar-refractivity contribution < 1.29 is 36.6 Å². The molecule has 227 valence electrons. The summed E-state index contributed by atoms with van der Waals surface area (Å²) in [7, 11) is 0. The fraction of sp³-hybridized carbons (Fsp3) is 0.275. The van der Waals surface area contributed by atoms with Gasteiger partial charge < -0.3 is 9.97 Å². The van der Waals surface area contributed by atoms with Gasteiger partial charge in [-0.25, -0.2) is 0 Å². The first-order chi connectivity index (χ1) is 25.3. The van der Waals surface area contributed by atoms with E-state index in [0.717, 1.165) is 35.0 Å². The monoisotopic (exact) mass is 768 g/mol. The van der Waals surface area contributed by atoms with Crippen LogP contribution in [0, 0.1) is 39.5 Å². The Morgan fingerprint density at radius 2 is 1.66 bits per heavy atom. The molecule has 0 N–H and O–H groups in total. The molecule has 0 amide bonds. The van der Waals surface area contributed by atoms with Gasteiger partial charge in [0, 0.05) is 54.6 Å². The molecule has 3 nitrogen and oxygen atoms in total. The Morgan fingerprint density at radius 3 is 2.39 bits per heavy atom. The number of benzene rings is 3. The number of fused-ring (bicyclic) bond motifs is 2. The van der Waals surface area contributed by atoms with E-state index >= 15 is 0 Å². The van der Waals surface area contributed by atoms with E-state index in [1.54, 1.807) is 0 Å². The van der Waals surface area contributed by atoms with Crippen LogP contribution in [0.15, 0.2) is 79.1 Å². The predicted octanol–water partition coefficient (Wildman–Crippen LogP) is 10.5. The molecular formula is C40H41IrN3-2. The summed E-state index contributed by atoms with van der Waals surface area (Å²) >= 11 is 0. The fourth-order valence-corrected chi connectivity index (χ4v) is 4.95. The first kappa shape index (κ1) is 20.3. The summed E-state index contributed by atoms with van der Waals surface area (Å²) in [6.07, 6.45) is 2.76. The average molecular weight is 768 g/mol. The Kier molecular flexibility index (Phi) is 6.24. The number of hydrogen-bond acceptors (Lipinski definition) is 3. The maximum absolute atomic E-state index is 7.62. The molecule has 1 radical (unpaired) electrons. The molecule has 0 bridgehead atoms. The van der Waals surface area contributed by atoms with E-state index in [1.165, 1.54) is 27.3 Å².